The summed E-state index contributed by atoms with van der Waals surface area (Å²) < 4.78 is 5.78. The summed E-state index contributed by atoms with van der Waals surface area (Å²) in [6, 6.07) is 27.1. The highest BCUT2D eigenvalue weighted by Gasteiger charge is 2.15. The average molecular weight is 445 g/mol. The van der Waals surface area contributed by atoms with Gasteiger partial charge in [-0.3, -0.25) is 4.90 Å². The summed E-state index contributed by atoms with van der Waals surface area (Å²) in [4.78, 5) is 2.56. The van der Waals surface area contributed by atoms with E-state index in [4.69, 9.17) is 4.74 Å². The Balaban J connectivity index is 1.17. The topological polar surface area (TPSA) is 44.7 Å². The van der Waals surface area contributed by atoms with Crippen LogP contribution in [0, 0.1) is 5.92 Å². The number of aliphatic hydroxyl groups is 1. The zero-order chi connectivity index (χ0) is 22.9. The smallest absolute Gasteiger partial charge is 0.119 e. The molecule has 1 fully saturated rings. The van der Waals surface area contributed by atoms with Crippen LogP contribution in [-0.2, 0) is 13.1 Å². The van der Waals surface area contributed by atoms with Crippen molar-refractivity contribution in [3.63, 3.8) is 0 Å². The van der Waals surface area contributed by atoms with Gasteiger partial charge >= 0.3 is 0 Å². The highest BCUT2D eigenvalue weighted by Crippen LogP contribution is 2.22. The van der Waals surface area contributed by atoms with E-state index in [1.807, 2.05) is 42.5 Å². The van der Waals surface area contributed by atoms with Gasteiger partial charge in [0, 0.05) is 19.6 Å². The molecule has 0 radical (unpaired) electrons. The van der Waals surface area contributed by atoms with Crippen molar-refractivity contribution in [2.75, 3.05) is 26.2 Å². The molecule has 1 saturated heterocycles. The number of aliphatic hydroxyl groups excluding tert-OH is 1. The van der Waals surface area contributed by atoms with Crippen molar-refractivity contribution in [3.05, 3.63) is 90.0 Å². The van der Waals surface area contributed by atoms with Crippen LogP contribution < -0.4 is 10.1 Å². The van der Waals surface area contributed by atoms with Crippen molar-refractivity contribution >= 4 is 0 Å². The molecule has 1 heterocycles. The fourth-order valence-electron chi connectivity index (χ4n) is 4.33. The van der Waals surface area contributed by atoms with Crippen molar-refractivity contribution in [1.82, 2.24) is 10.2 Å². The summed E-state index contributed by atoms with van der Waals surface area (Å²) in [5.41, 5.74) is 4.96. The van der Waals surface area contributed by atoms with Crippen molar-refractivity contribution in [2.24, 2.45) is 5.92 Å². The lowest BCUT2D eigenvalue weighted by Crippen LogP contribution is -2.32. The van der Waals surface area contributed by atoms with Crippen LogP contribution in [-0.4, -0.2) is 42.4 Å². The van der Waals surface area contributed by atoms with Gasteiger partial charge in [0.15, 0.2) is 0 Å². The van der Waals surface area contributed by atoms with E-state index >= 15 is 0 Å². The largest absolute Gasteiger partial charge is 0.491 e. The molecule has 3 aromatic rings. The SMILES string of the molecule is CC1CCN(Cc2cccc(CNCC(O)COc3ccc(-c4ccccc4)cc3)c2)CC1. The number of rotatable bonds is 10. The van der Waals surface area contributed by atoms with Crippen LogP contribution in [0.3, 0.4) is 0 Å². The van der Waals surface area contributed by atoms with Gasteiger partial charge in [-0.1, -0.05) is 73.7 Å². The number of ether oxygens (including phenoxy) is 1. The van der Waals surface area contributed by atoms with Gasteiger partial charge in [0.2, 0.25) is 0 Å². The molecule has 0 amide bonds. The normalized spacial score (nSPS) is 15.9. The second-order valence-corrected chi connectivity index (χ2v) is 9.26. The van der Waals surface area contributed by atoms with Gasteiger partial charge in [-0.25, -0.2) is 0 Å². The Morgan fingerprint density at radius 1 is 0.909 bits per heavy atom. The summed E-state index contributed by atoms with van der Waals surface area (Å²) in [6.45, 7) is 7.29. The molecule has 1 aliphatic rings. The minimum absolute atomic E-state index is 0.269. The van der Waals surface area contributed by atoms with Crippen LogP contribution >= 0.6 is 0 Å². The third-order valence-electron chi connectivity index (χ3n) is 6.39. The lowest BCUT2D eigenvalue weighted by molar-refractivity contribution is 0.106. The van der Waals surface area contributed by atoms with Crippen LogP contribution in [0.1, 0.15) is 30.9 Å². The molecule has 33 heavy (non-hydrogen) atoms. The molecular weight excluding hydrogens is 408 g/mol. The molecule has 2 N–H and O–H groups in total. The lowest BCUT2D eigenvalue weighted by Gasteiger charge is -2.30. The second-order valence-electron chi connectivity index (χ2n) is 9.26. The maximum Gasteiger partial charge on any atom is 0.119 e. The fraction of sp³-hybridized carbons (Fsp3) is 0.379. The first-order chi connectivity index (χ1) is 16.2. The average Bonchev–Trinajstić information content (AvgIpc) is 2.85. The molecule has 174 valence electrons. The Bertz CT molecular complexity index is 966. The van der Waals surface area contributed by atoms with Gasteiger partial charge in [0.25, 0.3) is 0 Å². The lowest BCUT2D eigenvalue weighted by atomic mass is 9.98. The number of likely N-dealkylation sites (tertiary alicyclic amines) is 1. The van der Waals surface area contributed by atoms with Crippen LogP contribution in [0.5, 0.6) is 5.75 Å². The number of hydrogen-bond acceptors (Lipinski definition) is 4. The molecule has 1 atom stereocenters. The minimum atomic E-state index is -0.558. The van der Waals surface area contributed by atoms with Gasteiger partial charge in [-0.15, -0.1) is 0 Å². The number of nitrogens with zero attached hydrogens (tertiary/aromatic N) is 1. The summed E-state index contributed by atoms with van der Waals surface area (Å²) in [6.07, 6.45) is 2.05. The molecule has 1 unspecified atom stereocenters. The summed E-state index contributed by atoms with van der Waals surface area (Å²) in [5.74, 6) is 1.63. The van der Waals surface area contributed by atoms with Crippen molar-refractivity contribution in [3.8, 4) is 16.9 Å². The molecule has 3 aromatic carbocycles. The highest BCUT2D eigenvalue weighted by molar-refractivity contribution is 5.63. The van der Waals surface area contributed by atoms with Gasteiger partial charge in [0.1, 0.15) is 18.5 Å². The molecule has 4 rings (SSSR count). The van der Waals surface area contributed by atoms with E-state index in [0.29, 0.717) is 6.54 Å². The molecule has 0 aromatic heterocycles. The van der Waals surface area contributed by atoms with Crippen molar-refractivity contribution in [1.29, 1.82) is 0 Å². The first-order valence-corrected chi connectivity index (χ1v) is 12.1. The van der Waals surface area contributed by atoms with E-state index in [1.165, 1.54) is 42.6 Å². The molecular formula is C29H36N2O2. The number of hydrogen-bond donors (Lipinski definition) is 2. The van der Waals surface area contributed by atoms with Crippen molar-refractivity contribution in [2.45, 2.75) is 39.0 Å². The monoisotopic (exact) mass is 444 g/mol. The van der Waals surface area contributed by atoms with Crippen molar-refractivity contribution < 1.29 is 9.84 Å². The number of benzene rings is 3. The summed E-state index contributed by atoms with van der Waals surface area (Å²) in [5, 5.41) is 13.7. The zero-order valence-corrected chi connectivity index (χ0v) is 19.6. The molecule has 0 saturated carbocycles. The standard InChI is InChI=1S/C29H36N2O2/c1-23-14-16-31(17-15-23)21-25-7-5-6-24(18-25)19-30-20-28(32)22-33-29-12-10-27(11-13-29)26-8-3-2-4-9-26/h2-13,18,23,28,30,32H,14-17,19-22H2,1H3. The summed E-state index contributed by atoms with van der Waals surface area (Å²) >= 11 is 0. The first-order valence-electron chi connectivity index (χ1n) is 12.1. The third kappa shape index (κ3) is 7.43. The Hall–Kier alpha value is -2.66. The third-order valence-corrected chi connectivity index (χ3v) is 6.39. The van der Waals surface area contributed by atoms with Gasteiger partial charge in [0.05, 0.1) is 0 Å². The maximum absolute atomic E-state index is 10.3. The molecule has 0 aliphatic carbocycles. The van der Waals surface area contributed by atoms with E-state index in [9.17, 15) is 5.11 Å². The van der Waals surface area contributed by atoms with Crippen LogP contribution in [0.25, 0.3) is 11.1 Å². The Kier molecular flexibility index (Phi) is 8.53. The van der Waals surface area contributed by atoms with Crippen LogP contribution in [0.2, 0.25) is 0 Å². The van der Waals surface area contributed by atoms with Crippen LogP contribution in [0.15, 0.2) is 78.9 Å². The highest BCUT2D eigenvalue weighted by atomic mass is 16.5. The second kappa shape index (κ2) is 12.0. The molecule has 0 bridgehead atoms. The Labute approximate surface area is 198 Å². The molecule has 0 spiro atoms. The molecule has 1 aliphatic heterocycles. The first kappa shape index (κ1) is 23.5. The summed E-state index contributed by atoms with van der Waals surface area (Å²) in [7, 11) is 0. The fourth-order valence-corrected chi connectivity index (χ4v) is 4.33. The number of nitrogens with one attached hydrogen (secondary N) is 1. The Morgan fingerprint density at radius 3 is 2.36 bits per heavy atom. The number of piperidine rings is 1. The van der Waals surface area contributed by atoms with E-state index < -0.39 is 6.10 Å². The maximum atomic E-state index is 10.3. The predicted octanol–water partition coefficient (Wildman–Crippen LogP) is 5.12. The van der Waals surface area contributed by atoms with Gasteiger partial charge in [-0.05, 0) is 66.2 Å². The minimum Gasteiger partial charge on any atom is -0.491 e. The van der Waals surface area contributed by atoms with E-state index in [0.717, 1.165) is 30.3 Å². The predicted molar refractivity (Wildman–Crippen MR) is 135 cm³/mol. The molecule has 4 nitrogen and oxygen atoms in total. The van der Waals surface area contributed by atoms with Crippen LogP contribution in [0.4, 0.5) is 0 Å². The Morgan fingerprint density at radius 2 is 1.61 bits per heavy atom. The quantitative estimate of drug-likeness (QED) is 0.456. The van der Waals surface area contributed by atoms with E-state index in [-0.39, 0.29) is 6.61 Å². The van der Waals surface area contributed by atoms with E-state index in [1.54, 1.807) is 0 Å². The zero-order valence-electron chi connectivity index (χ0n) is 19.6. The van der Waals surface area contributed by atoms with Gasteiger partial charge < -0.3 is 15.2 Å². The van der Waals surface area contributed by atoms with E-state index in [2.05, 4.69) is 53.5 Å². The van der Waals surface area contributed by atoms with Gasteiger partial charge in [-0.2, -0.15) is 0 Å². The molecule has 4 heteroatoms.